The normalized spacial score (nSPS) is 12.7. The zero-order chi connectivity index (χ0) is 10.7. The molecule has 0 bridgehead atoms. The monoisotopic (exact) mass is 265 g/mol. The molecule has 2 nitrogen and oxygen atoms in total. The van der Waals surface area contributed by atoms with E-state index in [1.807, 2.05) is 24.3 Å². The van der Waals surface area contributed by atoms with Crippen molar-refractivity contribution in [1.29, 1.82) is 0 Å². The molecular formula is C12H12BrNO. The van der Waals surface area contributed by atoms with Crippen LogP contribution < -0.4 is 5.73 Å². The lowest BCUT2D eigenvalue weighted by Gasteiger charge is -2.08. The van der Waals surface area contributed by atoms with Gasteiger partial charge in [0, 0.05) is 4.47 Å². The zero-order valence-corrected chi connectivity index (χ0v) is 9.78. The van der Waals surface area contributed by atoms with Gasteiger partial charge in [0.05, 0.1) is 12.3 Å². The largest absolute Gasteiger partial charge is 0.468 e. The topological polar surface area (TPSA) is 39.2 Å². The van der Waals surface area contributed by atoms with E-state index in [0.717, 1.165) is 16.7 Å². The van der Waals surface area contributed by atoms with Gasteiger partial charge >= 0.3 is 0 Å². The summed E-state index contributed by atoms with van der Waals surface area (Å²) in [4.78, 5) is 0. The maximum atomic E-state index is 6.01. The van der Waals surface area contributed by atoms with E-state index < -0.39 is 0 Å². The molecule has 0 aliphatic carbocycles. The average Bonchev–Trinajstić information content (AvgIpc) is 2.70. The molecule has 0 amide bonds. The van der Waals surface area contributed by atoms with Gasteiger partial charge in [-0.05, 0) is 36.2 Å². The zero-order valence-electron chi connectivity index (χ0n) is 8.19. The predicted octanol–water partition coefficient (Wildman–Crippen LogP) is 3.28. The first kappa shape index (κ1) is 10.5. The number of nitrogens with two attached hydrogens (primary N) is 1. The molecule has 0 spiro atoms. The van der Waals surface area contributed by atoms with E-state index in [9.17, 15) is 0 Å². The van der Waals surface area contributed by atoms with Gasteiger partial charge in [-0.25, -0.2) is 0 Å². The van der Waals surface area contributed by atoms with E-state index in [0.29, 0.717) is 0 Å². The highest BCUT2D eigenvalue weighted by Crippen LogP contribution is 2.18. The number of rotatable bonds is 3. The molecule has 0 radical (unpaired) electrons. The first-order chi connectivity index (χ1) is 7.25. The molecule has 78 valence electrons. The maximum Gasteiger partial charge on any atom is 0.120 e. The standard InChI is InChI=1S/C12H12BrNO/c13-10-4-1-3-9(7-10)8-11(14)12-5-2-6-15-12/h1-7,11H,8,14H2. The van der Waals surface area contributed by atoms with Gasteiger partial charge in [0.2, 0.25) is 0 Å². The van der Waals surface area contributed by atoms with Gasteiger partial charge in [0.1, 0.15) is 5.76 Å². The molecule has 0 aliphatic rings. The van der Waals surface area contributed by atoms with Crippen LogP contribution in [-0.2, 0) is 6.42 Å². The van der Waals surface area contributed by atoms with Crippen LogP contribution in [0.1, 0.15) is 17.4 Å². The van der Waals surface area contributed by atoms with Gasteiger partial charge < -0.3 is 10.2 Å². The van der Waals surface area contributed by atoms with Crippen LogP contribution in [0.5, 0.6) is 0 Å². The van der Waals surface area contributed by atoms with Crippen molar-refractivity contribution >= 4 is 15.9 Å². The number of hydrogen-bond donors (Lipinski definition) is 1. The molecule has 2 N–H and O–H groups in total. The fraction of sp³-hybridized carbons (Fsp3) is 0.167. The minimum atomic E-state index is -0.0747. The molecule has 0 fully saturated rings. The van der Waals surface area contributed by atoms with Crippen LogP contribution in [0.25, 0.3) is 0 Å². The summed E-state index contributed by atoms with van der Waals surface area (Å²) in [6.07, 6.45) is 2.43. The second-order valence-electron chi connectivity index (χ2n) is 3.46. The maximum absolute atomic E-state index is 6.01. The van der Waals surface area contributed by atoms with Gasteiger partial charge in [-0.15, -0.1) is 0 Å². The first-order valence-corrected chi connectivity index (χ1v) is 5.58. The van der Waals surface area contributed by atoms with E-state index in [1.54, 1.807) is 6.26 Å². The van der Waals surface area contributed by atoms with Gasteiger partial charge in [0.15, 0.2) is 0 Å². The van der Waals surface area contributed by atoms with Crippen molar-refractivity contribution in [3.05, 3.63) is 58.5 Å². The minimum Gasteiger partial charge on any atom is -0.468 e. The van der Waals surface area contributed by atoms with E-state index >= 15 is 0 Å². The number of benzene rings is 1. The van der Waals surface area contributed by atoms with Crippen molar-refractivity contribution < 1.29 is 4.42 Å². The summed E-state index contributed by atoms with van der Waals surface area (Å²) < 4.78 is 6.34. The van der Waals surface area contributed by atoms with E-state index in [2.05, 4.69) is 28.1 Å². The van der Waals surface area contributed by atoms with Gasteiger partial charge in [-0.2, -0.15) is 0 Å². The van der Waals surface area contributed by atoms with Crippen molar-refractivity contribution in [2.45, 2.75) is 12.5 Å². The van der Waals surface area contributed by atoms with Crippen LogP contribution in [0.2, 0.25) is 0 Å². The third-order valence-electron chi connectivity index (χ3n) is 2.25. The van der Waals surface area contributed by atoms with Crippen molar-refractivity contribution in [1.82, 2.24) is 0 Å². The molecule has 0 aliphatic heterocycles. The Morgan fingerprint density at radius 1 is 1.27 bits per heavy atom. The Balaban J connectivity index is 2.09. The Labute approximate surface area is 97.2 Å². The van der Waals surface area contributed by atoms with Crippen molar-refractivity contribution in [3.8, 4) is 0 Å². The lowest BCUT2D eigenvalue weighted by atomic mass is 10.1. The number of hydrogen-bond acceptors (Lipinski definition) is 2. The first-order valence-electron chi connectivity index (χ1n) is 4.79. The van der Waals surface area contributed by atoms with Crippen LogP contribution in [0.15, 0.2) is 51.6 Å². The molecule has 0 saturated heterocycles. The summed E-state index contributed by atoms with van der Waals surface area (Å²) in [7, 11) is 0. The summed E-state index contributed by atoms with van der Waals surface area (Å²) in [6, 6.07) is 11.8. The summed E-state index contributed by atoms with van der Waals surface area (Å²) in [5, 5.41) is 0. The van der Waals surface area contributed by atoms with E-state index in [-0.39, 0.29) is 6.04 Å². The molecule has 2 aromatic rings. The molecule has 0 saturated carbocycles. The Kier molecular flexibility index (Phi) is 3.23. The minimum absolute atomic E-state index is 0.0747. The number of furan rings is 1. The van der Waals surface area contributed by atoms with Crippen molar-refractivity contribution in [3.63, 3.8) is 0 Å². The Bertz CT molecular complexity index is 425. The molecule has 3 heteroatoms. The highest BCUT2D eigenvalue weighted by Gasteiger charge is 2.09. The Morgan fingerprint density at radius 3 is 2.80 bits per heavy atom. The lowest BCUT2D eigenvalue weighted by molar-refractivity contribution is 0.464. The predicted molar refractivity (Wildman–Crippen MR) is 63.5 cm³/mol. The third kappa shape index (κ3) is 2.70. The Hall–Kier alpha value is -1.06. The van der Waals surface area contributed by atoms with Gasteiger partial charge in [0.25, 0.3) is 0 Å². The fourth-order valence-corrected chi connectivity index (χ4v) is 1.97. The quantitative estimate of drug-likeness (QED) is 0.925. The van der Waals surface area contributed by atoms with E-state index in [4.69, 9.17) is 10.2 Å². The second kappa shape index (κ2) is 4.64. The summed E-state index contributed by atoms with van der Waals surface area (Å²) in [6.45, 7) is 0. The number of halogens is 1. The van der Waals surface area contributed by atoms with Crippen molar-refractivity contribution in [2.75, 3.05) is 0 Å². The third-order valence-corrected chi connectivity index (χ3v) is 2.75. The lowest BCUT2D eigenvalue weighted by Crippen LogP contribution is -2.12. The molecule has 1 aromatic carbocycles. The van der Waals surface area contributed by atoms with Crippen LogP contribution in [0.4, 0.5) is 0 Å². The summed E-state index contributed by atoms with van der Waals surface area (Å²) in [5.74, 6) is 0.829. The summed E-state index contributed by atoms with van der Waals surface area (Å²) >= 11 is 3.44. The van der Waals surface area contributed by atoms with Crippen LogP contribution in [0.3, 0.4) is 0 Å². The molecule has 1 atom stereocenters. The molecular weight excluding hydrogens is 254 g/mol. The van der Waals surface area contributed by atoms with Crippen molar-refractivity contribution in [2.24, 2.45) is 5.73 Å². The highest BCUT2D eigenvalue weighted by atomic mass is 79.9. The molecule has 1 heterocycles. The van der Waals surface area contributed by atoms with E-state index in [1.165, 1.54) is 5.56 Å². The summed E-state index contributed by atoms with van der Waals surface area (Å²) in [5.41, 5.74) is 7.21. The average molecular weight is 266 g/mol. The molecule has 1 aromatic heterocycles. The fourth-order valence-electron chi connectivity index (χ4n) is 1.52. The Morgan fingerprint density at radius 2 is 2.13 bits per heavy atom. The van der Waals surface area contributed by atoms with Crippen LogP contribution >= 0.6 is 15.9 Å². The second-order valence-corrected chi connectivity index (χ2v) is 4.37. The highest BCUT2D eigenvalue weighted by molar-refractivity contribution is 9.10. The molecule has 15 heavy (non-hydrogen) atoms. The molecule has 2 rings (SSSR count). The van der Waals surface area contributed by atoms with Gasteiger partial charge in [-0.3, -0.25) is 0 Å². The molecule has 1 unspecified atom stereocenters. The smallest absolute Gasteiger partial charge is 0.120 e. The van der Waals surface area contributed by atoms with Crippen LogP contribution in [0, 0.1) is 0 Å². The SMILES string of the molecule is NC(Cc1cccc(Br)c1)c1ccco1. The van der Waals surface area contributed by atoms with Gasteiger partial charge in [-0.1, -0.05) is 28.1 Å². The van der Waals surface area contributed by atoms with Crippen LogP contribution in [-0.4, -0.2) is 0 Å².